The fraction of sp³-hybridized carbons (Fsp3) is 0.105. The Labute approximate surface area is 162 Å². The highest BCUT2D eigenvalue weighted by molar-refractivity contribution is 7.99. The lowest BCUT2D eigenvalue weighted by atomic mass is 10.2. The van der Waals surface area contributed by atoms with E-state index in [4.69, 9.17) is 9.15 Å². The van der Waals surface area contributed by atoms with Crippen LogP contribution in [0.1, 0.15) is 0 Å². The third kappa shape index (κ3) is 3.29. The predicted molar refractivity (Wildman–Crippen MR) is 106 cm³/mol. The molecule has 0 fully saturated rings. The summed E-state index contributed by atoms with van der Waals surface area (Å²) in [7, 11) is 1.33. The van der Waals surface area contributed by atoms with Crippen LogP contribution >= 0.6 is 23.1 Å². The van der Waals surface area contributed by atoms with E-state index in [1.54, 1.807) is 12.3 Å². The summed E-state index contributed by atoms with van der Waals surface area (Å²) in [6, 6.07) is 12.8. The SMILES string of the molecule is COC(=O)CSc1nc2scc(-c3ccco3)c2c(=O)n1-c1ccccc1. The van der Waals surface area contributed by atoms with Crippen LogP contribution in [0.4, 0.5) is 0 Å². The van der Waals surface area contributed by atoms with Gasteiger partial charge in [0.05, 0.1) is 30.2 Å². The minimum absolute atomic E-state index is 0.0672. The fourth-order valence-corrected chi connectivity index (χ4v) is 4.48. The quantitative estimate of drug-likeness (QED) is 0.288. The first-order valence-corrected chi connectivity index (χ1v) is 9.88. The van der Waals surface area contributed by atoms with Crippen molar-refractivity contribution in [3.05, 3.63) is 64.5 Å². The number of fused-ring (bicyclic) bond motifs is 1. The lowest BCUT2D eigenvalue weighted by Crippen LogP contribution is -2.22. The molecular weight excluding hydrogens is 384 g/mol. The van der Waals surface area contributed by atoms with Crippen molar-refractivity contribution in [2.75, 3.05) is 12.9 Å². The minimum Gasteiger partial charge on any atom is -0.468 e. The van der Waals surface area contributed by atoms with E-state index in [0.717, 1.165) is 0 Å². The highest BCUT2D eigenvalue weighted by Gasteiger charge is 2.20. The molecule has 8 heteroatoms. The van der Waals surface area contributed by atoms with Gasteiger partial charge in [-0.15, -0.1) is 11.3 Å². The first-order valence-electron chi connectivity index (χ1n) is 8.02. The smallest absolute Gasteiger partial charge is 0.316 e. The van der Waals surface area contributed by atoms with Gasteiger partial charge in [0.2, 0.25) is 0 Å². The maximum atomic E-state index is 13.4. The number of thioether (sulfide) groups is 1. The number of carbonyl (C=O) groups excluding carboxylic acids is 1. The van der Waals surface area contributed by atoms with Crippen LogP contribution in [0, 0.1) is 0 Å². The van der Waals surface area contributed by atoms with Crippen LogP contribution in [0.25, 0.3) is 27.2 Å². The summed E-state index contributed by atoms with van der Waals surface area (Å²) >= 11 is 2.54. The van der Waals surface area contributed by atoms with E-state index in [-0.39, 0.29) is 17.3 Å². The number of ether oxygens (including phenoxy) is 1. The molecule has 0 aliphatic rings. The molecule has 0 aliphatic heterocycles. The van der Waals surface area contributed by atoms with Crippen molar-refractivity contribution >= 4 is 39.3 Å². The Morgan fingerprint density at radius 3 is 2.78 bits per heavy atom. The molecule has 6 nitrogen and oxygen atoms in total. The highest BCUT2D eigenvalue weighted by atomic mass is 32.2. The van der Waals surface area contributed by atoms with E-state index >= 15 is 0 Å². The summed E-state index contributed by atoms with van der Waals surface area (Å²) in [5, 5.41) is 2.81. The number of methoxy groups -OCH3 is 1. The van der Waals surface area contributed by atoms with Crippen molar-refractivity contribution in [3.8, 4) is 17.0 Å². The summed E-state index contributed by atoms with van der Waals surface area (Å²) in [5.41, 5.74) is 1.19. The van der Waals surface area contributed by atoms with Crippen molar-refractivity contribution in [2.45, 2.75) is 5.16 Å². The minimum atomic E-state index is -0.378. The number of thiophene rings is 1. The molecule has 27 heavy (non-hydrogen) atoms. The zero-order chi connectivity index (χ0) is 18.8. The number of aromatic nitrogens is 2. The molecule has 0 saturated carbocycles. The van der Waals surface area contributed by atoms with Gasteiger partial charge < -0.3 is 9.15 Å². The number of rotatable bonds is 5. The van der Waals surface area contributed by atoms with Gasteiger partial charge in [0.25, 0.3) is 5.56 Å². The van der Waals surface area contributed by atoms with Gasteiger partial charge >= 0.3 is 5.97 Å². The fourth-order valence-electron chi connectivity index (χ4n) is 2.67. The summed E-state index contributed by atoms with van der Waals surface area (Å²) in [4.78, 5) is 30.2. The van der Waals surface area contributed by atoms with E-state index in [9.17, 15) is 9.59 Å². The van der Waals surface area contributed by atoms with Crippen LogP contribution in [0.3, 0.4) is 0 Å². The van der Waals surface area contributed by atoms with Crippen LogP contribution in [-0.4, -0.2) is 28.4 Å². The zero-order valence-electron chi connectivity index (χ0n) is 14.2. The molecule has 3 aromatic heterocycles. The number of benzene rings is 1. The van der Waals surface area contributed by atoms with Crippen LogP contribution in [0.15, 0.2) is 68.5 Å². The van der Waals surface area contributed by atoms with Gasteiger partial charge in [0.15, 0.2) is 5.16 Å². The maximum Gasteiger partial charge on any atom is 0.316 e. The Balaban J connectivity index is 1.94. The summed E-state index contributed by atoms with van der Waals surface area (Å²) in [6.45, 7) is 0. The van der Waals surface area contributed by atoms with E-state index < -0.39 is 0 Å². The molecule has 0 aliphatic carbocycles. The molecule has 0 unspecified atom stereocenters. The highest BCUT2D eigenvalue weighted by Crippen LogP contribution is 2.33. The zero-order valence-corrected chi connectivity index (χ0v) is 15.9. The van der Waals surface area contributed by atoms with Gasteiger partial charge in [0, 0.05) is 10.9 Å². The predicted octanol–water partition coefficient (Wildman–Crippen LogP) is 3.97. The first kappa shape index (κ1) is 17.6. The molecule has 4 rings (SSSR count). The number of carbonyl (C=O) groups is 1. The van der Waals surface area contributed by atoms with Crippen molar-refractivity contribution < 1.29 is 13.9 Å². The van der Waals surface area contributed by atoms with Gasteiger partial charge in [-0.2, -0.15) is 0 Å². The lowest BCUT2D eigenvalue weighted by Gasteiger charge is -2.12. The first-order chi connectivity index (χ1) is 13.2. The van der Waals surface area contributed by atoms with Gasteiger partial charge in [-0.25, -0.2) is 4.98 Å². The molecule has 0 N–H and O–H groups in total. The number of hydrogen-bond donors (Lipinski definition) is 0. The molecule has 3 heterocycles. The Morgan fingerprint density at radius 2 is 2.07 bits per heavy atom. The Kier molecular flexibility index (Phi) is 4.83. The van der Waals surface area contributed by atoms with Gasteiger partial charge in [0.1, 0.15) is 10.6 Å². The van der Waals surface area contributed by atoms with Crippen LogP contribution in [-0.2, 0) is 9.53 Å². The molecule has 0 radical (unpaired) electrons. The Morgan fingerprint density at radius 1 is 1.26 bits per heavy atom. The largest absolute Gasteiger partial charge is 0.468 e. The van der Waals surface area contributed by atoms with Crippen molar-refractivity contribution in [3.63, 3.8) is 0 Å². The molecule has 0 saturated heterocycles. The van der Waals surface area contributed by atoms with E-state index in [1.807, 2.05) is 41.8 Å². The average Bonchev–Trinajstić information content (AvgIpc) is 3.36. The second-order valence-electron chi connectivity index (χ2n) is 5.54. The van der Waals surface area contributed by atoms with Crippen LogP contribution in [0.5, 0.6) is 0 Å². The summed E-state index contributed by atoms with van der Waals surface area (Å²) < 4.78 is 11.7. The number of esters is 1. The average molecular weight is 398 g/mol. The second kappa shape index (κ2) is 7.42. The monoisotopic (exact) mass is 398 g/mol. The standard InChI is InChI=1S/C19H14N2O4S2/c1-24-15(22)11-27-19-20-17-16(13(10-26-17)14-8-5-9-25-14)18(23)21(19)12-6-3-2-4-7-12/h2-10H,11H2,1H3. The van der Waals surface area contributed by atoms with Crippen LogP contribution in [0.2, 0.25) is 0 Å². The summed E-state index contributed by atoms with van der Waals surface area (Å²) in [5.74, 6) is 0.309. The molecule has 1 aromatic carbocycles. The third-order valence-corrected chi connectivity index (χ3v) is 5.71. The molecule has 0 atom stereocenters. The van der Waals surface area contributed by atoms with Crippen molar-refractivity contribution in [2.24, 2.45) is 0 Å². The Bertz CT molecular complexity index is 1150. The van der Waals surface area contributed by atoms with Crippen molar-refractivity contribution in [1.29, 1.82) is 0 Å². The number of para-hydroxylation sites is 1. The topological polar surface area (TPSA) is 74.3 Å². The number of furan rings is 1. The lowest BCUT2D eigenvalue weighted by molar-refractivity contribution is -0.137. The molecule has 0 bridgehead atoms. The number of hydrogen-bond acceptors (Lipinski definition) is 7. The number of nitrogens with zero attached hydrogens (tertiary/aromatic N) is 2. The normalized spacial score (nSPS) is 11.0. The maximum absolute atomic E-state index is 13.4. The Hall–Kier alpha value is -2.84. The third-order valence-electron chi connectivity index (χ3n) is 3.92. The van der Waals surface area contributed by atoms with Gasteiger partial charge in [-0.05, 0) is 24.3 Å². The molecule has 0 amide bonds. The van der Waals surface area contributed by atoms with E-state index in [1.165, 1.54) is 34.8 Å². The summed E-state index contributed by atoms with van der Waals surface area (Å²) in [6.07, 6.45) is 1.57. The van der Waals surface area contributed by atoms with Gasteiger partial charge in [-0.3, -0.25) is 14.2 Å². The second-order valence-corrected chi connectivity index (χ2v) is 7.34. The molecule has 0 spiro atoms. The molecular formula is C19H14N2O4S2. The molecule has 4 aromatic rings. The van der Waals surface area contributed by atoms with Gasteiger partial charge in [-0.1, -0.05) is 30.0 Å². The van der Waals surface area contributed by atoms with Crippen molar-refractivity contribution in [1.82, 2.24) is 9.55 Å². The van der Waals surface area contributed by atoms with E-state index in [0.29, 0.717) is 32.4 Å². The van der Waals surface area contributed by atoms with Crippen LogP contribution < -0.4 is 5.56 Å². The van der Waals surface area contributed by atoms with E-state index in [2.05, 4.69) is 4.98 Å². The molecule has 136 valence electrons.